The molecule has 2 atom stereocenters. The molecule has 0 radical (unpaired) electrons. The summed E-state index contributed by atoms with van der Waals surface area (Å²) in [5.74, 6) is 0.00331. The molecule has 0 bridgehead atoms. The number of halogens is 1. The summed E-state index contributed by atoms with van der Waals surface area (Å²) in [6.07, 6.45) is 0.516. The number of carbonyl (C=O) groups excluding carboxylic acids is 1. The van der Waals surface area contributed by atoms with Crippen LogP contribution in [0.15, 0.2) is 54.6 Å². The predicted molar refractivity (Wildman–Crippen MR) is 109 cm³/mol. The summed E-state index contributed by atoms with van der Waals surface area (Å²) in [5.41, 5.74) is 1.92. The Morgan fingerprint density at radius 2 is 2.07 bits per heavy atom. The molecule has 2 unspecified atom stereocenters. The lowest BCUT2D eigenvalue weighted by Crippen LogP contribution is -2.41. The van der Waals surface area contributed by atoms with Gasteiger partial charge in [0.05, 0.1) is 18.7 Å². The molecule has 0 saturated carbocycles. The second-order valence-corrected chi connectivity index (χ2v) is 7.43. The molecule has 1 fully saturated rings. The van der Waals surface area contributed by atoms with Crippen LogP contribution in [0.25, 0.3) is 0 Å². The van der Waals surface area contributed by atoms with Crippen LogP contribution in [-0.2, 0) is 4.79 Å². The number of anilines is 1. The van der Waals surface area contributed by atoms with Crippen molar-refractivity contribution in [1.29, 1.82) is 0 Å². The van der Waals surface area contributed by atoms with Crippen LogP contribution in [0.5, 0.6) is 0 Å². The van der Waals surface area contributed by atoms with Gasteiger partial charge in [0.2, 0.25) is 5.91 Å². The highest BCUT2D eigenvalue weighted by Gasteiger charge is 2.27. The molecule has 1 saturated heterocycles. The maximum absolute atomic E-state index is 12.8. The average molecular weight is 388 g/mol. The molecule has 3 rings (SSSR count). The average Bonchev–Trinajstić information content (AvgIpc) is 3.09. The smallest absolute Gasteiger partial charge is 0.242 e. The number of aliphatic hydroxyl groups excluding tert-OH is 1. The van der Waals surface area contributed by atoms with E-state index < -0.39 is 0 Å². The number of likely N-dealkylation sites (N-methyl/N-ethyl adjacent to an activating group) is 1. The van der Waals surface area contributed by atoms with Gasteiger partial charge in [0, 0.05) is 37.4 Å². The second kappa shape index (κ2) is 9.22. The van der Waals surface area contributed by atoms with E-state index in [2.05, 4.69) is 10.2 Å². The molecule has 27 heavy (non-hydrogen) atoms. The predicted octanol–water partition coefficient (Wildman–Crippen LogP) is 3.02. The van der Waals surface area contributed by atoms with Crippen molar-refractivity contribution in [3.63, 3.8) is 0 Å². The maximum Gasteiger partial charge on any atom is 0.242 e. The molecule has 5 nitrogen and oxygen atoms in total. The number of aliphatic hydroxyl groups is 1. The van der Waals surface area contributed by atoms with Gasteiger partial charge in [0.25, 0.3) is 0 Å². The zero-order valence-corrected chi connectivity index (χ0v) is 16.3. The Kier molecular flexibility index (Phi) is 6.72. The Labute approximate surface area is 165 Å². The van der Waals surface area contributed by atoms with Crippen LogP contribution in [0, 0.1) is 0 Å². The van der Waals surface area contributed by atoms with Crippen molar-refractivity contribution in [1.82, 2.24) is 9.80 Å². The molecule has 2 N–H and O–H groups in total. The molecule has 0 spiro atoms. The van der Waals surface area contributed by atoms with E-state index in [0.29, 0.717) is 18.1 Å². The quantitative estimate of drug-likeness (QED) is 0.766. The molecule has 6 heteroatoms. The summed E-state index contributed by atoms with van der Waals surface area (Å²) in [7, 11) is 1.84. The van der Waals surface area contributed by atoms with E-state index >= 15 is 0 Å². The highest BCUT2D eigenvalue weighted by molar-refractivity contribution is 6.30. The van der Waals surface area contributed by atoms with Crippen LogP contribution in [-0.4, -0.2) is 60.1 Å². The molecule has 2 aromatic rings. The molecule has 1 heterocycles. The van der Waals surface area contributed by atoms with E-state index in [1.54, 1.807) is 17.0 Å². The number of amides is 1. The summed E-state index contributed by atoms with van der Waals surface area (Å²) in [6.45, 7) is 2.42. The zero-order valence-electron chi connectivity index (χ0n) is 15.5. The fourth-order valence-electron chi connectivity index (χ4n) is 3.42. The summed E-state index contributed by atoms with van der Waals surface area (Å²) >= 11 is 6.00. The first-order chi connectivity index (χ1) is 13.0. The van der Waals surface area contributed by atoms with E-state index in [4.69, 9.17) is 11.6 Å². The van der Waals surface area contributed by atoms with Crippen LogP contribution in [0.1, 0.15) is 18.0 Å². The SMILES string of the molecule is CN(C(=O)CNc1cccc(Cl)c1)C(CN1CCC(O)C1)c1ccccc1. The van der Waals surface area contributed by atoms with E-state index in [1.807, 2.05) is 49.5 Å². The van der Waals surface area contributed by atoms with Crippen molar-refractivity contribution in [2.45, 2.75) is 18.6 Å². The monoisotopic (exact) mass is 387 g/mol. The van der Waals surface area contributed by atoms with Crippen LogP contribution >= 0.6 is 11.6 Å². The fraction of sp³-hybridized carbons (Fsp3) is 0.381. The van der Waals surface area contributed by atoms with Gasteiger partial charge in [-0.1, -0.05) is 48.0 Å². The minimum atomic E-state index is -0.271. The molecule has 1 aliphatic heterocycles. The third-order valence-corrected chi connectivity index (χ3v) is 5.23. The number of rotatable bonds is 7. The molecule has 144 valence electrons. The number of hydrogen-bond acceptors (Lipinski definition) is 4. The molecule has 1 aliphatic rings. The number of likely N-dealkylation sites (tertiary alicyclic amines) is 1. The number of β-amino-alcohol motifs (C(OH)–C–C–N with tert-alkyl or cyclic N) is 1. The van der Waals surface area contributed by atoms with E-state index in [-0.39, 0.29) is 24.6 Å². The largest absolute Gasteiger partial charge is 0.392 e. The van der Waals surface area contributed by atoms with Gasteiger partial charge in [-0.15, -0.1) is 0 Å². The normalized spacial score (nSPS) is 18.3. The minimum Gasteiger partial charge on any atom is -0.392 e. The first-order valence-corrected chi connectivity index (χ1v) is 9.61. The lowest BCUT2D eigenvalue weighted by molar-refractivity contribution is -0.130. The van der Waals surface area contributed by atoms with E-state index in [9.17, 15) is 9.90 Å². The molecule has 2 aromatic carbocycles. The first kappa shape index (κ1) is 19.7. The van der Waals surface area contributed by atoms with Crippen LogP contribution < -0.4 is 5.32 Å². The number of nitrogens with one attached hydrogen (secondary N) is 1. The highest BCUT2D eigenvalue weighted by atomic mass is 35.5. The second-order valence-electron chi connectivity index (χ2n) is 7.00. The number of nitrogens with zero attached hydrogens (tertiary/aromatic N) is 2. The lowest BCUT2D eigenvalue weighted by Gasteiger charge is -2.32. The Balaban J connectivity index is 1.67. The van der Waals surface area contributed by atoms with Crippen molar-refractivity contribution in [3.8, 4) is 0 Å². The van der Waals surface area contributed by atoms with Gasteiger partial charge in [-0.2, -0.15) is 0 Å². The summed E-state index contributed by atoms with van der Waals surface area (Å²) in [6, 6.07) is 17.3. The third-order valence-electron chi connectivity index (χ3n) is 4.99. The molecule has 1 amide bonds. The number of carbonyl (C=O) groups is 1. The Morgan fingerprint density at radius 3 is 2.74 bits per heavy atom. The highest BCUT2D eigenvalue weighted by Crippen LogP contribution is 2.23. The Morgan fingerprint density at radius 1 is 1.30 bits per heavy atom. The van der Waals surface area contributed by atoms with Crippen molar-refractivity contribution < 1.29 is 9.90 Å². The molecule has 0 aliphatic carbocycles. The van der Waals surface area contributed by atoms with E-state index in [1.165, 1.54) is 0 Å². The molecule has 0 aromatic heterocycles. The topological polar surface area (TPSA) is 55.8 Å². The van der Waals surface area contributed by atoms with Gasteiger partial charge in [-0.25, -0.2) is 0 Å². The maximum atomic E-state index is 12.8. The fourth-order valence-corrected chi connectivity index (χ4v) is 3.61. The summed E-state index contributed by atoms with van der Waals surface area (Å²) in [5, 5.41) is 13.6. The minimum absolute atomic E-state index is 0.00331. The third kappa shape index (κ3) is 5.45. The van der Waals surface area contributed by atoms with Gasteiger partial charge in [-0.05, 0) is 30.2 Å². The number of benzene rings is 2. The summed E-state index contributed by atoms with van der Waals surface area (Å²) in [4.78, 5) is 16.8. The number of hydrogen-bond donors (Lipinski definition) is 2. The Hall–Kier alpha value is -2.08. The van der Waals surface area contributed by atoms with Crippen molar-refractivity contribution >= 4 is 23.2 Å². The van der Waals surface area contributed by atoms with Gasteiger partial charge in [0.1, 0.15) is 0 Å². The van der Waals surface area contributed by atoms with Crippen molar-refractivity contribution in [2.24, 2.45) is 0 Å². The van der Waals surface area contributed by atoms with Crippen molar-refractivity contribution in [3.05, 3.63) is 65.2 Å². The van der Waals surface area contributed by atoms with Crippen LogP contribution in [0.4, 0.5) is 5.69 Å². The van der Waals surface area contributed by atoms with Gasteiger partial charge >= 0.3 is 0 Å². The first-order valence-electron chi connectivity index (χ1n) is 9.23. The lowest BCUT2D eigenvalue weighted by atomic mass is 10.0. The van der Waals surface area contributed by atoms with Gasteiger partial charge in [0.15, 0.2) is 0 Å². The molecular weight excluding hydrogens is 362 g/mol. The molecular formula is C21H26ClN3O2. The van der Waals surface area contributed by atoms with Gasteiger partial charge < -0.3 is 15.3 Å². The Bertz CT molecular complexity index is 756. The van der Waals surface area contributed by atoms with Gasteiger partial charge in [-0.3, -0.25) is 9.69 Å². The van der Waals surface area contributed by atoms with E-state index in [0.717, 1.165) is 24.2 Å². The summed E-state index contributed by atoms with van der Waals surface area (Å²) < 4.78 is 0. The zero-order chi connectivity index (χ0) is 19.2. The van der Waals surface area contributed by atoms with Crippen molar-refractivity contribution in [2.75, 3.05) is 38.5 Å². The van der Waals surface area contributed by atoms with Crippen LogP contribution in [0.2, 0.25) is 5.02 Å². The van der Waals surface area contributed by atoms with Crippen LogP contribution in [0.3, 0.4) is 0 Å². The standard InChI is InChI=1S/C21H26ClN3O2/c1-24(21(27)13-23-18-9-5-8-17(22)12-18)20(16-6-3-2-4-7-16)15-25-11-10-19(26)14-25/h2-9,12,19-20,23,26H,10-11,13-15H2,1H3.